The van der Waals surface area contributed by atoms with Crippen LogP contribution in [0.1, 0.15) is 16.1 Å². The molecule has 3 rings (SSSR count). The highest BCUT2D eigenvalue weighted by molar-refractivity contribution is 7.98. The second-order valence-electron chi connectivity index (χ2n) is 4.63. The lowest BCUT2D eigenvalue weighted by molar-refractivity contribution is 0.0689. The number of aromatic nitrogens is 2. The zero-order chi connectivity index (χ0) is 15.5. The van der Waals surface area contributed by atoms with Crippen molar-refractivity contribution >= 4 is 40.1 Å². The van der Waals surface area contributed by atoms with Crippen molar-refractivity contribution in [3.8, 4) is 0 Å². The minimum Gasteiger partial charge on any atom is -0.477 e. The van der Waals surface area contributed by atoms with Gasteiger partial charge in [-0.05, 0) is 16.3 Å². The fraction of sp³-hybridized carbons (Fsp3) is 0.0625. The molecular weight excluding hydrogens is 320 g/mol. The predicted molar refractivity (Wildman–Crippen MR) is 87.5 cm³/mol. The van der Waals surface area contributed by atoms with Gasteiger partial charge >= 0.3 is 5.97 Å². The first-order valence-electron chi connectivity index (χ1n) is 6.50. The van der Waals surface area contributed by atoms with Crippen LogP contribution >= 0.6 is 23.4 Å². The van der Waals surface area contributed by atoms with Gasteiger partial charge in [-0.15, -0.1) is 0 Å². The lowest BCUT2D eigenvalue weighted by Gasteiger charge is -2.04. The van der Waals surface area contributed by atoms with Crippen LogP contribution in [0.4, 0.5) is 0 Å². The van der Waals surface area contributed by atoms with E-state index in [1.54, 1.807) is 0 Å². The summed E-state index contributed by atoms with van der Waals surface area (Å²) in [7, 11) is 0. The standard InChI is InChI=1S/C16H11ClN2O2S/c17-14-8-13(15(20)21)18-16(19-14)22-9-10-5-6-11-3-1-2-4-12(11)7-10/h1-8H,9H2,(H,20,21). The number of carboxylic acid groups (broad SMARTS) is 1. The number of hydrogen-bond acceptors (Lipinski definition) is 4. The van der Waals surface area contributed by atoms with Crippen LogP contribution < -0.4 is 0 Å². The van der Waals surface area contributed by atoms with Gasteiger partial charge in [0.2, 0.25) is 0 Å². The van der Waals surface area contributed by atoms with Gasteiger partial charge in [0.05, 0.1) is 0 Å². The van der Waals surface area contributed by atoms with Gasteiger partial charge < -0.3 is 5.11 Å². The van der Waals surface area contributed by atoms with Crippen molar-refractivity contribution in [3.05, 3.63) is 64.9 Å². The molecule has 0 amide bonds. The van der Waals surface area contributed by atoms with E-state index in [1.807, 2.05) is 18.2 Å². The van der Waals surface area contributed by atoms with Crippen LogP contribution in [0, 0.1) is 0 Å². The molecule has 2 aromatic carbocycles. The van der Waals surface area contributed by atoms with Crippen molar-refractivity contribution in [3.63, 3.8) is 0 Å². The molecule has 0 aliphatic carbocycles. The van der Waals surface area contributed by atoms with Crippen molar-refractivity contribution in [2.24, 2.45) is 0 Å². The van der Waals surface area contributed by atoms with Gasteiger partial charge in [-0.3, -0.25) is 0 Å². The van der Waals surface area contributed by atoms with Crippen molar-refractivity contribution in [1.82, 2.24) is 9.97 Å². The third-order valence-corrected chi connectivity index (χ3v) is 4.19. The summed E-state index contributed by atoms with van der Waals surface area (Å²) in [5.74, 6) is -0.471. The molecule has 0 saturated carbocycles. The Hall–Kier alpha value is -2.11. The fourth-order valence-electron chi connectivity index (χ4n) is 2.05. The summed E-state index contributed by atoms with van der Waals surface area (Å²) in [5, 5.41) is 11.8. The molecule has 4 nitrogen and oxygen atoms in total. The van der Waals surface area contributed by atoms with Crippen LogP contribution in [0.5, 0.6) is 0 Å². The van der Waals surface area contributed by atoms with E-state index in [0.717, 1.165) is 5.56 Å². The Labute approximate surface area is 136 Å². The maximum absolute atomic E-state index is 11.0. The van der Waals surface area contributed by atoms with Crippen LogP contribution in [-0.2, 0) is 5.75 Å². The summed E-state index contributed by atoms with van der Waals surface area (Å²) in [4.78, 5) is 19.0. The van der Waals surface area contributed by atoms with Crippen molar-refractivity contribution < 1.29 is 9.90 Å². The van der Waals surface area contributed by atoms with Crippen LogP contribution in [0.15, 0.2) is 53.7 Å². The lowest BCUT2D eigenvalue weighted by atomic mass is 10.1. The van der Waals surface area contributed by atoms with E-state index >= 15 is 0 Å². The number of thioether (sulfide) groups is 1. The molecule has 3 aromatic rings. The van der Waals surface area contributed by atoms with Crippen LogP contribution in [0.2, 0.25) is 5.15 Å². The van der Waals surface area contributed by atoms with Gasteiger partial charge in [-0.2, -0.15) is 0 Å². The van der Waals surface area contributed by atoms with E-state index < -0.39 is 5.97 Å². The minimum absolute atomic E-state index is 0.0963. The summed E-state index contributed by atoms with van der Waals surface area (Å²) >= 11 is 7.18. The summed E-state index contributed by atoms with van der Waals surface area (Å²) in [6.07, 6.45) is 0. The number of aromatic carboxylic acids is 1. The molecule has 0 saturated heterocycles. The number of rotatable bonds is 4. The summed E-state index contributed by atoms with van der Waals surface area (Å²) in [5.41, 5.74) is 1.02. The number of fused-ring (bicyclic) bond motifs is 1. The number of carbonyl (C=O) groups is 1. The van der Waals surface area contributed by atoms with E-state index in [4.69, 9.17) is 16.7 Å². The molecule has 0 aliphatic rings. The van der Waals surface area contributed by atoms with Gasteiger partial charge in [0.1, 0.15) is 5.15 Å². The Morgan fingerprint density at radius 3 is 2.64 bits per heavy atom. The smallest absolute Gasteiger partial charge is 0.354 e. The van der Waals surface area contributed by atoms with Gasteiger partial charge in [0, 0.05) is 11.8 Å². The summed E-state index contributed by atoms with van der Waals surface area (Å²) in [6, 6.07) is 15.6. The van der Waals surface area contributed by atoms with Crippen LogP contribution in [0.25, 0.3) is 10.8 Å². The van der Waals surface area contributed by atoms with Crippen molar-refractivity contribution in [2.45, 2.75) is 10.9 Å². The maximum atomic E-state index is 11.0. The number of carboxylic acids is 1. The third kappa shape index (κ3) is 3.37. The number of nitrogens with zero attached hydrogens (tertiary/aromatic N) is 2. The average molecular weight is 331 g/mol. The molecule has 22 heavy (non-hydrogen) atoms. The highest BCUT2D eigenvalue weighted by atomic mass is 35.5. The molecule has 0 aliphatic heterocycles. The second kappa shape index (κ2) is 6.34. The highest BCUT2D eigenvalue weighted by Crippen LogP contribution is 2.24. The quantitative estimate of drug-likeness (QED) is 0.439. The number of hydrogen-bond donors (Lipinski definition) is 1. The molecule has 1 N–H and O–H groups in total. The molecule has 1 aromatic heterocycles. The van der Waals surface area contributed by atoms with E-state index in [9.17, 15) is 4.79 Å². The van der Waals surface area contributed by atoms with E-state index in [2.05, 4.69) is 34.2 Å². The molecule has 0 spiro atoms. The molecule has 1 heterocycles. The summed E-state index contributed by atoms with van der Waals surface area (Å²) < 4.78 is 0. The highest BCUT2D eigenvalue weighted by Gasteiger charge is 2.10. The van der Waals surface area contributed by atoms with Gasteiger partial charge in [0.15, 0.2) is 10.9 Å². The minimum atomic E-state index is -1.11. The Balaban J connectivity index is 1.80. The fourth-order valence-corrected chi connectivity index (χ4v) is 3.08. The van der Waals surface area contributed by atoms with Gasteiger partial charge in [0.25, 0.3) is 0 Å². The first-order valence-corrected chi connectivity index (χ1v) is 7.86. The largest absolute Gasteiger partial charge is 0.477 e. The van der Waals surface area contributed by atoms with Crippen LogP contribution in [-0.4, -0.2) is 21.0 Å². The molecule has 0 atom stereocenters. The van der Waals surface area contributed by atoms with Crippen molar-refractivity contribution in [1.29, 1.82) is 0 Å². The molecule has 0 bridgehead atoms. The lowest BCUT2D eigenvalue weighted by Crippen LogP contribution is -2.02. The number of halogens is 1. The zero-order valence-electron chi connectivity index (χ0n) is 11.4. The first kappa shape index (κ1) is 14.8. The van der Waals surface area contributed by atoms with E-state index in [1.165, 1.54) is 28.6 Å². The number of benzene rings is 2. The Kier molecular flexibility index (Phi) is 4.27. The molecule has 0 fully saturated rings. The SMILES string of the molecule is O=C(O)c1cc(Cl)nc(SCc2ccc3ccccc3c2)n1. The Bertz CT molecular complexity index is 854. The zero-order valence-corrected chi connectivity index (χ0v) is 12.9. The predicted octanol–water partition coefficient (Wildman–Crippen LogP) is 4.27. The molecule has 6 heteroatoms. The summed E-state index contributed by atoms with van der Waals surface area (Å²) in [6.45, 7) is 0. The molecule has 110 valence electrons. The Morgan fingerprint density at radius 2 is 1.86 bits per heavy atom. The normalized spacial score (nSPS) is 10.8. The molecular formula is C16H11ClN2O2S. The van der Waals surface area contributed by atoms with E-state index in [-0.39, 0.29) is 10.8 Å². The van der Waals surface area contributed by atoms with Gasteiger partial charge in [-0.1, -0.05) is 65.8 Å². The average Bonchev–Trinajstić information content (AvgIpc) is 2.52. The Morgan fingerprint density at radius 1 is 1.09 bits per heavy atom. The topological polar surface area (TPSA) is 63.1 Å². The monoisotopic (exact) mass is 330 g/mol. The molecule has 0 radical (unpaired) electrons. The molecule has 0 unspecified atom stereocenters. The van der Waals surface area contributed by atoms with E-state index in [0.29, 0.717) is 10.9 Å². The second-order valence-corrected chi connectivity index (χ2v) is 5.96. The van der Waals surface area contributed by atoms with Gasteiger partial charge in [-0.25, -0.2) is 14.8 Å². The maximum Gasteiger partial charge on any atom is 0.354 e. The third-order valence-electron chi connectivity index (χ3n) is 3.08. The van der Waals surface area contributed by atoms with Crippen molar-refractivity contribution in [2.75, 3.05) is 0 Å². The first-order chi connectivity index (χ1) is 10.6. The van der Waals surface area contributed by atoms with Crippen LogP contribution in [0.3, 0.4) is 0 Å².